The topological polar surface area (TPSA) is 148 Å². The van der Waals surface area contributed by atoms with Crippen molar-refractivity contribution in [1.29, 1.82) is 5.26 Å². The SMILES string of the molecule is Cc1cc(-c2cccc3nc(C(C)Nc4nc(N)ncc4C#N)n(-c4ccccc4)c(=O)c23)cnn1. The molecule has 0 aliphatic carbocycles. The van der Waals surface area contributed by atoms with E-state index >= 15 is 0 Å². The number of hydrogen-bond acceptors (Lipinski definition) is 9. The molecule has 10 nitrogen and oxygen atoms in total. The minimum Gasteiger partial charge on any atom is -0.368 e. The average Bonchev–Trinajstić information content (AvgIpc) is 2.89. The Balaban J connectivity index is 1.75. The van der Waals surface area contributed by atoms with Crippen molar-refractivity contribution in [2.24, 2.45) is 0 Å². The van der Waals surface area contributed by atoms with Gasteiger partial charge in [-0.3, -0.25) is 9.36 Å². The lowest BCUT2D eigenvalue weighted by Gasteiger charge is -2.21. The largest absolute Gasteiger partial charge is 0.368 e. The van der Waals surface area contributed by atoms with Gasteiger partial charge in [-0.2, -0.15) is 20.4 Å². The van der Waals surface area contributed by atoms with E-state index in [0.29, 0.717) is 22.4 Å². The number of para-hydroxylation sites is 1. The maximum Gasteiger partial charge on any atom is 0.266 e. The van der Waals surface area contributed by atoms with Crippen LogP contribution in [0.4, 0.5) is 11.8 Å². The van der Waals surface area contributed by atoms with Crippen LogP contribution in [0.2, 0.25) is 0 Å². The first-order valence-corrected chi connectivity index (χ1v) is 11.2. The summed E-state index contributed by atoms with van der Waals surface area (Å²) < 4.78 is 1.57. The minimum atomic E-state index is -0.516. The lowest BCUT2D eigenvalue weighted by Crippen LogP contribution is -2.28. The van der Waals surface area contributed by atoms with Gasteiger partial charge in [0.15, 0.2) is 0 Å². The summed E-state index contributed by atoms with van der Waals surface area (Å²) >= 11 is 0. The van der Waals surface area contributed by atoms with E-state index in [1.54, 1.807) is 16.8 Å². The first kappa shape index (κ1) is 22.6. The van der Waals surface area contributed by atoms with Gasteiger partial charge in [0, 0.05) is 5.56 Å². The molecule has 0 bridgehead atoms. The fraction of sp³-hybridized carbons (Fsp3) is 0.115. The first-order valence-electron chi connectivity index (χ1n) is 11.2. The number of nitrogen functional groups attached to an aromatic ring is 1. The van der Waals surface area contributed by atoms with Gasteiger partial charge < -0.3 is 11.1 Å². The Morgan fingerprint density at radius 3 is 2.64 bits per heavy atom. The number of aryl methyl sites for hydroxylation is 1. The number of anilines is 2. The highest BCUT2D eigenvalue weighted by Crippen LogP contribution is 2.28. The van der Waals surface area contributed by atoms with Gasteiger partial charge in [0.2, 0.25) is 5.95 Å². The number of benzene rings is 2. The van der Waals surface area contributed by atoms with Gasteiger partial charge in [-0.05, 0) is 43.7 Å². The van der Waals surface area contributed by atoms with Gasteiger partial charge in [-0.1, -0.05) is 30.3 Å². The quantitative estimate of drug-likeness (QED) is 0.389. The third kappa shape index (κ3) is 4.10. The standard InChI is InChI=1S/C26H21N9O/c1-15-11-17(14-30-34-15)20-9-6-10-21-22(20)25(36)35(19-7-4-3-5-8-19)24(32-21)16(2)31-23-18(12-27)13-29-26(28)33-23/h3-11,13-14,16H,1-2H3,(H3,28,29,31,33). The van der Waals surface area contributed by atoms with Crippen molar-refractivity contribution in [3.63, 3.8) is 0 Å². The second-order valence-corrected chi connectivity index (χ2v) is 8.20. The van der Waals surface area contributed by atoms with Crippen LogP contribution in [-0.4, -0.2) is 29.7 Å². The molecule has 2 aromatic carbocycles. The Kier molecular flexibility index (Phi) is 5.80. The Labute approximate surface area is 206 Å². The molecule has 0 radical (unpaired) electrons. The lowest BCUT2D eigenvalue weighted by molar-refractivity contribution is 0.730. The number of nitrogens with two attached hydrogens (primary N) is 1. The molecular weight excluding hydrogens is 454 g/mol. The molecule has 0 amide bonds. The van der Waals surface area contributed by atoms with Crippen molar-refractivity contribution in [3.05, 3.63) is 94.4 Å². The molecule has 0 saturated carbocycles. The van der Waals surface area contributed by atoms with Crippen molar-refractivity contribution in [2.45, 2.75) is 19.9 Å². The number of nitrogens with one attached hydrogen (secondary N) is 1. The van der Waals surface area contributed by atoms with E-state index in [1.165, 1.54) is 6.20 Å². The summed E-state index contributed by atoms with van der Waals surface area (Å²) in [6.45, 7) is 3.69. The van der Waals surface area contributed by atoms with Crippen LogP contribution < -0.4 is 16.6 Å². The van der Waals surface area contributed by atoms with E-state index in [4.69, 9.17) is 10.7 Å². The smallest absolute Gasteiger partial charge is 0.266 e. The fourth-order valence-corrected chi connectivity index (χ4v) is 4.08. The normalized spacial score (nSPS) is 11.7. The summed E-state index contributed by atoms with van der Waals surface area (Å²) in [6, 6.07) is 18.2. The van der Waals surface area contributed by atoms with Crippen LogP contribution in [0.25, 0.3) is 27.7 Å². The van der Waals surface area contributed by atoms with Crippen molar-refractivity contribution in [1.82, 2.24) is 29.7 Å². The maximum absolute atomic E-state index is 14.1. The first-order chi connectivity index (χ1) is 17.5. The summed E-state index contributed by atoms with van der Waals surface area (Å²) in [7, 11) is 0. The van der Waals surface area contributed by atoms with E-state index in [1.807, 2.05) is 62.4 Å². The number of nitrogens with zero attached hydrogens (tertiary/aromatic N) is 7. The molecule has 176 valence electrons. The second-order valence-electron chi connectivity index (χ2n) is 8.20. The molecule has 1 atom stereocenters. The van der Waals surface area contributed by atoms with Gasteiger partial charge >= 0.3 is 0 Å². The van der Waals surface area contributed by atoms with Gasteiger partial charge in [0.25, 0.3) is 5.56 Å². The highest BCUT2D eigenvalue weighted by atomic mass is 16.1. The van der Waals surface area contributed by atoms with Crippen molar-refractivity contribution in [3.8, 4) is 22.9 Å². The molecule has 3 aromatic heterocycles. The average molecular weight is 476 g/mol. The van der Waals surface area contributed by atoms with Crippen LogP contribution in [0.15, 0.2) is 71.8 Å². The number of nitriles is 1. The number of fused-ring (bicyclic) bond motifs is 1. The van der Waals surface area contributed by atoms with Crippen LogP contribution >= 0.6 is 0 Å². The van der Waals surface area contributed by atoms with Crippen molar-refractivity contribution >= 4 is 22.7 Å². The Bertz CT molecular complexity index is 1690. The zero-order valence-electron chi connectivity index (χ0n) is 19.5. The summed E-state index contributed by atoms with van der Waals surface area (Å²) in [5.41, 5.74) is 9.17. The minimum absolute atomic E-state index is 0.0292. The maximum atomic E-state index is 14.1. The predicted molar refractivity (Wildman–Crippen MR) is 136 cm³/mol. The van der Waals surface area contributed by atoms with E-state index in [-0.39, 0.29) is 22.9 Å². The van der Waals surface area contributed by atoms with E-state index in [0.717, 1.165) is 16.8 Å². The molecule has 3 heterocycles. The molecule has 0 saturated heterocycles. The Hall–Kier alpha value is -5.17. The molecule has 5 aromatic rings. The lowest BCUT2D eigenvalue weighted by atomic mass is 10.0. The van der Waals surface area contributed by atoms with Crippen LogP contribution in [-0.2, 0) is 0 Å². The van der Waals surface area contributed by atoms with E-state index in [9.17, 15) is 10.1 Å². The molecule has 0 aliphatic heterocycles. The third-order valence-corrected chi connectivity index (χ3v) is 5.69. The van der Waals surface area contributed by atoms with Crippen molar-refractivity contribution in [2.75, 3.05) is 11.1 Å². The number of hydrogen-bond donors (Lipinski definition) is 2. The Morgan fingerprint density at radius 2 is 1.89 bits per heavy atom. The zero-order valence-corrected chi connectivity index (χ0v) is 19.5. The van der Waals surface area contributed by atoms with Crippen LogP contribution in [0.5, 0.6) is 0 Å². The summed E-state index contributed by atoms with van der Waals surface area (Å²) in [5, 5.41) is 21.2. The molecule has 1 unspecified atom stereocenters. The van der Waals surface area contributed by atoms with Gasteiger partial charge in [-0.15, -0.1) is 0 Å². The molecule has 36 heavy (non-hydrogen) atoms. The number of aromatic nitrogens is 6. The highest BCUT2D eigenvalue weighted by molar-refractivity contribution is 5.94. The molecule has 5 rings (SSSR count). The monoisotopic (exact) mass is 475 g/mol. The fourth-order valence-electron chi connectivity index (χ4n) is 4.08. The molecule has 0 aliphatic rings. The molecule has 3 N–H and O–H groups in total. The van der Waals surface area contributed by atoms with Crippen molar-refractivity contribution < 1.29 is 0 Å². The predicted octanol–water partition coefficient (Wildman–Crippen LogP) is 3.57. The molecule has 0 fully saturated rings. The second kappa shape index (κ2) is 9.23. The molecule has 0 spiro atoms. The van der Waals surface area contributed by atoms with E-state index in [2.05, 4.69) is 31.6 Å². The van der Waals surface area contributed by atoms with E-state index < -0.39 is 6.04 Å². The van der Waals surface area contributed by atoms with Crippen LogP contribution in [0, 0.1) is 18.3 Å². The van der Waals surface area contributed by atoms with Gasteiger partial charge in [0.05, 0.1) is 40.7 Å². The van der Waals surface area contributed by atoms with Gasteiger partial charge in [0.1, 0.15) is 23.3 Å². The summed E-state index contributed by atoms with van der Waals surface area (Å²) in [6.07, 6.45) is 2.99. The summed E-state index contributed by atoms with van der Waals surface area (Å²) in [5.74, 6) is 0.737. The molecule has 10 heteroatoms. The number of rotatable bonds is 5. The van der Waals surface area contributed by atoms with Crippen LogP contribution in [0.3, 0.4) is 0 Å². The Morgan fingerprint density at radius 1 is 1.08 bits per heavy atom. The van der Waals surface area contributed by atoms with Gasteiger partial charge in [-0.25, -0.2) is 9.97 Å². The zero-order chi connectivity index (χ0) is 25.2. The van der Waals surface area contributed by atoms with Crippen LogP contribution in [0.1, 0.15) is 30.0 Å². The molecular formula is C26H21N9O. The highest BCUT2D eigenvalue weighted by Gasteiger charge is 2.21. The summed E-state index contributed by atoms with van der Waals surface area (Å²) in [4.78, 5) is 27.1. The third-order valence-electron chi connectivity index (χ3n) is 5.69.